The van der Waals surface area contributed by atoms with Crippen molar-refractivity contribution in [1.82, 2.24) is 14.9 Å². The number of aliphatic hydroxyl groups excluding tert-OH is 1. The van der Waals surface area contributed by atoms with E-state index in [0.29, 0.717) is 23.5 Å². The number of amides is 1. The van der Waals surface area contributed by atoms with Crippen molar-refractivity contribution < 1.29 is 9.90 Å². The van der Waals surface area contributed by atoms with Crippen LogP contribution in [0.4, 0.5) is 5.82 Å². The highest BCUT2D eigenvalue weighted by Gasteiger charge is 2.22. The van der Waals surface area contributed by atoms with Gasteiger partial charge in [0.15, 0.2) is 0 Å². The SMILES string of the molecule is CN(C)C(=O)c1cncc(N[C@H]2CCC[C@@H](CO)C2)n1. The van der Waals surface area contributed by atoms with Crippen molar-refractivity contribution >= 4 is 11.7 Å². The summed E-state index contributed by atoms with van der Waals surface area (Å²) in [6.45, 7) is 0.239. The molecule has 0 unspecified atom stereocenters. The van der Waals surface area contributed by atoms with Gasteiger partial charge in [0, 0.05) is 26.7 Å². The Morgan fingerprint density at radius 3 is 2.95 bits per heavy atom. The van der Waals surface area contributed by atoms with Crippen molar-refractivity contribution in [3.8, 4) is 0 Å². The molecule has 1 aromatic heterocycles. The summed E-state index contributed by atoms with van der Waals surface area (Å²) in [6.07, 6.45) is 7.29. The third kappa shape index (κ3) is 3.66. The average Bonchev–Trinajstić information content (AvgIpc) is 2.47. The molecule has 1 aromatic rings. The van der Waals surface area contributed by atoms with Crippen molar-refractivity contribution in [2.45, 2.75) is 31.7 Å². The topological polar surface area (TPSA) is 78.4 Å². The molecular weight excluding hydrogens is 256 g/mol. The fourth-order valence-corrected chi connectivity index (χ4v) is 2.56. The van der Waals surface area contributed by atoms with Gasteiger partial charge in [-0.3, -0.25) is 9.78 Å². The zero-order chi connectivity index (χ0) is 14.5. The van der Waals surface area contributed by atoms with Gasteiger partial charge in [-0.15, -0.1) is 0 Å². The van der Waals surface area contributed by atoms with Gasteiger partial charge in [-0.1, -0.05) is 6.42 Å². The minimum atomic E-state index is -0.155. The lowest BCUT2D eigenvalue weighted by Gasteiger charge is -2.28. The predicted molar refractivity (Wildman–Crippen MR) is 76.5 cm³/mol. The zero-order valence-electron chi connectivity index (χ0n) is 12.0. The third-order valence-corrected chi connectivity index (χ3v) is 3.65. The van der Waals surface area contributed by atoms with E-state index in [9.17, 15) is 9.90 Å². The summed E-state index contributed by atoms with van der Waals surface area (Å²) in [7, 11) is 3.38. The first-order valence-electron chi connectivity index (χ1n) is 7.01. The van der Waals surface area contributed by atoms with Gasteiger partial charge in [0.1, 0.15) is 11.5 Å². The monoisotopic (exact) mass is 278 g/mol. The summed E-state index contributed by atoms with van der Waals surface area (Å²) in [6, 6.07) is 0.292. The molecule has 1 amide bonds. The van der Waals surface area contributed by atoms with Crippen LogP contribution >= 0.6 is 0 Å². The van der Waals surface area contributed by atoms with Gasteiger partial charge < -0.3 is 15.3 Å². The molecular formula is C14H22N4O2. The van der Waals surface area contributed by atoms with Crippen LogP contribution in [0.3, 0.4) is 0 Å². The van der Waals surface area contributed by atoms with Crippen molar-refractivity contribution in [2.24, 2.45) is 5.92 Å². The van der Waals surface area contributed by atoms with E-state index in [-0.39, 0.29) is 12.5 Å². The maximum atomic E-state index is 11.8. The first-order chi connectivity index (χ1) is 9.60. The van der Waals surface area contributed by atoms with Gasteiger partial charge in [-0.25, -0.2) is 4.98 Å². The normalized spacial score (nSPS) is 22.4. The molecule has 2 rings (SSSR count). The minimum absolute atomic E-state index is 0.155. The summed E-state index contributed by atoms with van der Waals surface area (Å²) in [5, 5.41) is 12.6. The summed E-state index contributed by atoms with van der Waals surface area (Å²) in [4.78, 5) is 21.7. The number of nitrogens with zero attached hydrogens (tertiary/aromatic N) is 3. The molecule has 6 nitrogen and oxygen atoms in total. The highest BCUT2D eigenvalue weighted by molar-refractivity contribution is 5.91. The first-order valence-corrected chi connectivity index (χ1v) is 7.01. The Morgan fingerprint density at radius 2 is 2.25 bits per heavy atom. The molecule has 0 radical (unpaired) electrons. The molecule has 0 bridgehead atoms. The molecule has 1 aliphatic carbocycles. The number of aromatic nitrogens is 2. The van der Waals surface area contributed by atoms with Gasteiger partial charge in [0.2, 0.25) is 0 Å². The summed E-state index contributed by atoms with van der Waals surface area (Å²) >= 11 is 0. The lowest BCUT2D eigenvalue weighted by Crippen LogP contribution is -2.29. The number of carbonyl (C=O) groups is 1. The van der Waals surface area contributed by atoms with E-state index in [4.69, 9.17) is 0 Å². The third-order valence-electron chi connectivity index (χ3n) is 3.65. The first kappa shape index (κ1) is 14.7. The Kier molecular flexibility index (Phi) is 4.89. The number of anilines is 1. The van der Waals surface area contributed by atoms with Crippen molar-refractivity contribution in [1.29, 1.82) is 0 Å². The van der Waals surface area contributed by atoms with E-state index in [1.807, 2.05) is 0 Å². The maximum Gasteiger partial charge on any atom is 0.273 e. The molecule has 0 aliphatic heterocycles. The predicted octanol–water partition coefficient (Wildman–Crippen LogP) is 1.14. The van der Waals surface area contributed by atoms with Gasteiger partial charge >= 0.3 is 0 Å². The number of carbonyl (C=O) groups excluding carboxylic acids is 1. The second-order valence-electron chi connectivity index (χ2n) is 5.55. The highest BCUT2D eigenvalue weighted by Crippen LogP contribution is 2.25. The lowest BCUT2D eigenvalue weighted by molar-refractivity contribution is 0.0821. The van der Waals surface area contributed by atoms with Gasteiger partial charge in [0.05, 0.1) is 12.4 Å². The number of hydrogen-bond acceptors (Lipinski definition) is 5. The van der Waals surface area contributed by atoms with Crippen LogP contribution in [0.15, 0.2) is 12.4 Å². The fraction of sp³-hybridized carbons (Fsp3) is 0.643. The number of aliphatic hydroxyl groups is 1. The van der Waals surface area contributed by atoms with Crippen molar-refractivity contribution in [3.63, 3.8) is 0 Å². The Labute approximate surface area is 119 Å². The molecule has 20 heavy (non-hydrogen) atoms. The molecule has 1 saturated carbocycles. The maximum absolute atomic E-state index is 11.8. The molecule has 0 saturated heterocycles. The fourth-order valence-electron chi connectivity index (χ4n) is 2.56. The van der Waals surface area contributed by atoms with E-state index < -0.39 is 0 Å². The van der Waals surface area contributed by atoms with Crippen LogP contribution in [-0.2, 0) is 0 Å². The van der Waals surface area contributed by atoms with Crippen LogP contribution in [0, 0.1) is 5.92 Å². The molecule has 110 valence electrons. The van der Waals surface area contributed by atoms with E-state index in [0.717, 1.165) is 25.7 Å². The van der Waals surface area contributed by atoms with Crippen LogP contribution in [0.25, 0.3) is 0 Å². The molecule has 0 aromatic carbocycles. The minimum Gasteiger partial charge on any atom is -0.396 e. The summed E-state index contributed by atoms with van der Waals surface area (Å²) < 4.78 is 0. The second-order valence-corrected chi connectivity index (χ2v) is 5.55. The van der Waals surface area contributed by atoms with Crippen LogP contribution in [0.5, 0.6) is 0 Å². The van der Waals surface area contributed by atoms with Crippen molar-refractivity contribution in [3.05, 3.63) is 18.1 Å². The van der Waals surface area contributed by atoms with Crippen LogP contribution in [-0.4, -0.2) is 52.6 Å². The van der Waals surface area contributed by atoms with Gasteiger partial charge in [-0.05, 0) is 25.2 Å². The largest absolute Gasteiger partial charge is 0.396 e. The number of rotatable bonds is 4. The molecule has 1 fully saturated rings. The van der Waals surface area contributed by atoms with E-state index in [1.165, 1.54) is 11.1 Å². The molecule has 0 spiro atoms. The van der Waals surface area contributed by atoms with E-state index >= 15 is 0 Å². The molecule has 6 heteroatoms. The quantitative estimate of drug-likeness (QED) is 0.863. The second kappa shape index (κ2) is 6.65. The molecule has 1 aliphatic rings. The highest BCUT2D eigenvalue weighted by atomic mass is 16.3. The molecule has 2 atom stereocenters. The van der Waals surface area contributed by atoms with Gasteiger partial charge in [-0.2, -0.15) is 0 Å². The smallest absolute Gasteiger partial charge is 0.273 e. The summed E-state index contributed by atoms with van der Waals surface area (Å²) in [5.41, 5.74) is 0.342. The van der Waals surface area contributed by atoms with E-state index in [2.05, 4.69) is 15.3 Å². The zero-order valence-corrected chi connectivity index (χ0v) is 12.0. The lowest BCUT2D eigenvalue weighted by atomic mass is 9.86. The Morgan fingerprint density at radius 1 is 1.45 bits per heavy atom. The Balaban J connectivity index is 2.02. The van der Waals surface area contributed by atoms with Crippen LogP contribution < -0.4 is 5.32 Å². The van der Waals surface area contributed by atoms with E-state index in [1.54, 1.807) is 20.3 Å². The van der Waals surface area contributed by atoms with Crippen molar-refractivity contribution in [2.75, 3.05) is 26.0 Å². The standard InChI is InChI=1S/C14H22N4O2/c1-18(2)14(20)12-7-15-8-13(17-12)16-11-5-3-4-10(6-11)9-19/h7-8,10-11,19H,3-6,9H2,1-2H3,(H,16,17)/t10-,11+/m1/s1. The molecule has 2 N–H and O–H groups in total. The van der Waals surface area contributed by atoms with Crippen LogP contribution in [0.1, 0.15) is 36.2 Å². The Hall–Kier alpha value is -1.69. The van der Waals surface area contributed by atoms with Crippen LogP contribution in [0.2, 0.25) is 0 Å². The average molecular weight is 278 g/mol. The number of nitrogens with one attached hydrogen (secondary N) is 1. The molecule has 1 heterocycles. The van der Waals surface area contributed by atoms with Gasteiger partial charge in [0.25, 0.3) is 5.91 Å². The Bertz CT molecular complexity index is 464. The number of hydrogen-bond donors (Lipinski definition) is 2. The summed E-state index contributed by atoms with van der Waals surface area (Å²) in [5.74, 6) is 0.833.